The molecule has 3 aliphatic heterocycles. The zero-order valence-corrected chi connectivity index (χ0v) is 17.3. The van der Waals surface area contributed by atoms with Gasteiger partial charge in [-0.05, 0) is 31.2 Å². The summed E-state index contributed by atoms with van der Waals surface area (Å²) in [5.74, 6) is 2.05. The number of nitrogens with zero attached hydrogens (tertiary/aromatic N) is 5. The molecule has 0 aromatic heterocycles. The van der Waals surface area contributed by atoms with Crippen LogP contribution >= 0.6 is 0 Å². The number of imide groups is 1. The number of benzene rings is 1. The van der Waals surface area contributed by atoms with Crippen LogP contribution in [0.5, 0.6) is 5.75 Å². The fraction of sp³-hybridized carbons (Fsp3) is 0.429. The minimum atomic E-state index is -0.587. The Balaban J connectivity index is 1.75. The van der Waals surface area contributed by atoms with Crippen LogP contribution in [0, 0.1) is 5.92 Å². The smallest absolute Gasteiger partial charge is 0.397 e. The van der Waals surface area contributed by atoms with Gasteiger partial charge in [-0.25, -0.2) is 14.3 Å². The number of hydrogen-bond donors (Lipinski definition) is 0. The van der Waals surface area contributed by atoms with E-state index >= 15 is 0 Å². The molecule has 8 nitrogen and oxygen atoms in total. The summed E-state index contributed by atoms with van der Waals surface area (Å²) in [5, 5.41) is 0. The molecule has 2 unspecified atom stereocenters. The number of ether oxygens (including phenoxy) is 1. The minimum Gasteiger partial charge on any atom is -0.497 e. The van der Waals surface area contributed by atoms with E-state index in [1.54, 1.807) is 14.2 Å². The van der Waals surface area contributed by atoms with Crippen molar-refractivity contribution < 1.29 is 18.9 Å². The van der Waals surface area contributed by atoms with Gasteiger partial charge >= 0.3 is 12.0 Å². The standard InChI is InChI=1S/C21H26N5O3/c1-13(2)10-26-19(27)17-18(23(4)21(26)28)22-20-24(11-14(3)12-25(17)20)15-6-8-16(29-5)9-7-15/h6-9,14,17H,1,10-12H2,2-5H3/q+1. The molecular weight excluding hydrogens is 370 g/mol. The number of hydrogen-bond acceptors (Lipinski definition) is 5. The number of carbonyl (C=O) groups is 2. The number of aliphatic imine (C=N–C) groups is 1. The third-order valence-electron chi connectivity index (χ3n) is 5.45. The van der Waals surface area contributed by atoms with E-state index in [1.807, 2.05) is 35.8 Å². The van der Waals surface area contributed by atoms with Gasteiger partial charge in [0.15, 0.2) is 0 Å². The molecule has 152 valence electrons. The van der Waals surface area contributed by atoms with E-state index in [2.05, 4.69) is 18.4 Å². The molecule has 1 aromatic carbocycles. The minimum absolute atomic E-state index is 0.215. The van der Waals surface area contributed by atoms with Crippen LogP contribution in [0.4, 0.5) is 10.5 Å². The van der Waals surface area contributed by atoms with E-state index in [1.165, 1.54) is 9.80 Å². The van der Waals surface area contributed by atoms with Crippen molar-refractivity contribution >= 4 is 29.4 Å². The SMILES string of the molecule is C=C(C)CN1C(=O)C2C(=NC3=[N+]2CC(C)CN3c2ccc(OC)cc2)N(C)C1=O. The molecule has 1 saturated heterocycles. The van der Waals surface area contributed by atoms with E-state index in [9.17, 15) is 9.59 Å². The summed E-state index contributed by atoms with van der Waals surface area (Å²) >= 11 is 0. The first kappa shape index (κ1) is 19.2. The summed E-state index contributed by atoms with van der Waals surface area (Å²) in [5.41, 5.74) is 1.73. The number of amidine groups is 1. The fourth-order valence-corrected chi connectivity index (χ4v) is 4.09. The van der Waals surface area contributed by atoms with Crippen molar-refractivity contribution in [1.29, 1.82) is 0 Å². The molecule has 0 aliphatic carbocycles. The highest BCUT2D eigenvalue weighted by Crippen LogP contribution is 2.29. The fourth-order valence-electron chi connectivity index (χ4n) is 4.09. The number of methoxy groups -OCH3 is 1. The van der Waals surface area contributed by atoms with Gasteiger partial charge in [-0.2, -0.15) is 0 Å². The maximum Gasteiger partial charge on any atom is 0.397 e. The van der Waals surface area contributed by atoms with Crippen LogP contribution in [0.3, 0.4) is 0 Å². The Morgan fingerprint density at radius 1 is 1.31 bits per heavy atom. The summed E-state index contributed by atoms with van der Waals surface area (Å²) in [7, 11) is 3.31. The van der Waals surface area contributed by atoms with Crippen molar-refractivity contribution in [2.45, 2.75) is 19.9 Å². The second-order valence-electron chi connectivity index (χ2n) is 7.96. The van der Waals surface area contributed by atoms with Gasteiger partial charge in [0.2, 0.25) is 11.9 Å². The molecule has 3 aliphatic rings. The van der Waals surface area contributed by atoms with Crippen LogP contribution in [0.2, 0.25) is 0 Å². The third kappa shape index (κ3) is 3.08. The predicted octanol–water partition coefficient (Wildman–Crippen LogP) is 1.77. The lowest BCUT2D eigenvalue weighted by Gasteiger charge is -2.35. The first-order valence-electron chi connectivity index (χ1n) is 9.69. The molecule has 0 N–H and O–H groups in total. The maximum absolute atomic E-state index is 13.3. The molecule has 4 rings (SSSR count). The first-order chi connectivity index (χ1) is 13.8. The van der Waals surface area contributed by atoms with Crippen molar-refractivity contribution in [2.24, 2.45) is 10.9 Å². The molecule has 1 fully saturated rings. The highest BCUT2D eigenvalue weighted by atomic mass is 16.5. The quantitative estimate of drug-likeness (QED) is 0.575. The summed E-state index contributed by atoms with van der Waals surface area (Å²) in [4.78, 5) is 35.6. The van der Waals surface area contributed by atoms with Gasteiger partial charge in [0.25, 0.3) is 5.91 Å². The van der Waals surface area contributed by atoms with Gasteiger partial charge in [0, 0.05) is 13.0 Å². The van der Waals surface area contributed by atoms with Gasteiger partial charge in [0.05, 0.1) is 26.7 Å². The molecule has 3 amide bonds. The molecule has 2 atom stereocenters. The Bertz CT molecular complexity index is 950. The Morgan fingerprint density at radius 3 is 2.62 bits per heavy atom. The maximum atomic E-state index is 13.3. The predicted molar refractivity (Wildman–Crippen MR) is 111 cm³/mol. The summed E-state index contributed by atoms with van der Waals surface area (Å²) in [6, 6.07) is 6.82. The largest absolute Gasteiger partial charge is 0.497 e. The monoisotopic (exact) mass is 396 g/mol. The Hall–Kier alpha value is -3.16. The van der Waals surface area contributed by atoms with Crippen molar-refractivity contribution in [1.82, 2.24) is 9.80 Å². The first-order valence-corrected chi connectivity index (χ1v) is 9.69. The Morgan fingerprint density at radius 2 is 2.00 bits per heavy atom. The molecule has 0 saturated carbocycles. The van der Waals surface area contributed by atoms with E-state index in [0.29, 0.717) is 24.3 Å². The van der Waals surface area contributed by atoms with Crippen LogP contribution < -0.4 is 9.64 Å². The molecular formula is C21H26N5O3+. The summed E-state index contributed by atoms with van der Waals surface area (Å²) in [6.07, 6.45) is 0. The van der Waals surface area contributed by atoms with E-state index in [4.69, 9.17) is 9.73 Å². The molecule has 29 heavy (non-hydrogen) atoms. The molecule has 0 spiro atoms. The zero-order valence-electron chi connectivity index (χ0n) is 17.3. The second-order valence-corrected chi connectivity index (χ2v) is 7.96. The Labute approximate surface area is 170 Å². The highest BCUT2D eigenvalue weighted by Gasteiger charge is 2.55. The second kappa shape index (κ2) is 7.02. The number of carbonyl (C=O) groups excluding carboxylic acids is 2. The lowest BCUT2D eigenvalue weighted by molar-refractivity contribution is -0.545. The number of likely N-dealkylation sites (N-methyl/N-ethyl adjacent to an activating group) is 1. The average molecular weight is 396 g/mol. The normalized spacial score (nSPS) is 23.9. The lowest BCUT2D eigenvalue weighted by Crippen LogP contribution is -2.63. The summed E-state index contributed by atoms with van der Waals surface area (Å²) < 4.78 is 7.28. The molecule has 3 heterocycles. The van der Waals surface area contributed by atoms with Gasteiger partial charge < -0.3 is 4.74 Å². The van der Waals surface area contributed by atoms with E-state index in [0.717, 1.165) is 23.6 Å². The number of amides is 3. The van der Waals surface area contributed by atoms with Crippen molar-refractivity contribution in [3.63, 3.8) is 0 Å². The van der Waals surface area contributed by atoms with Crippen molar-refractivity contribution in [3.8, 4) is 5.75 Å². The van der Waals surface area contributed by atoms with E-state index in [-0.39, 0.29) is 18.5 Å². The van der Waals surface area contributed by atoms with Gasteiger partial charge in [-0.1, -0.05) is 24.1 Å². The number of anilines is 1. The molecule has 0 bridgehead atoms. The van der Waals surface area contributed by atoms with Gasteiger partial charge in [0.1, 0.15) is 11.4 Å². The highest BCUT2D eigenvalue weighted by molar-refractivity contribution is 6.24. The van der Waals surface area contributed by atoms with Crippen LogP contribution in [-0.4, -0.2) is 77.9 Å². The van der Waals surface area contributed by atoms with Crippen molar-refractivity contribution in [3.05, 3.63) is 36.4 Å². The summed E-state index contributed by atoms with van der Waals surface area (Å²) in [6.45, 7) is 9.52. The zero-order chi connectivity index (χ0) is 20.9. The van der Waals surface area contributed by atoms with Crippen LogP contribution in [0.1, 0.15) is 13.8 Å². The van der Waals surface area contributed by atoms with Crippen LogP contribution in [0.15, 0.2) is 41.4 Å². The van der Waals surface area contributed by atoms with E-state index < -0.39 is 6.04 Å². The van der Waals surface area contributed by atoms with Gasteiger partial charge in [-0.3, -0.25) is 14.6 Å². The Kier molecular flexibility index (Phi) is 4.64. The average Bonchev–Trinajstić information content (AvgIpc) is 3.08. The third-order valence-corrected chi connectivity index (χ3v) is 5.45. The van der Waals surface area contributed by atoms with Crippen LogP contribution in [-0.2, 0) is 4.79 Å². The molecule has 0 radical (unpaired) electrons. The number of guanidine groups is 1. The number of urea groups is 1. The molecule has 1 aromatic rings. The number of fused-ring (bicyclic) bond motifs is 2. The lowest BCUT2D eigenvalue weighted by atomic mass is 10.1. The number of rotatable bonds is 4. The molecule has 8 heteroatoms. The van der Waals surface area contributed by atoms with Crippen LogP contribution in [0.25, 0.3) is 0 Å². The van der Waals surface area contributed by atoms with Crippen molar-refractivity contribution in [2.75, 3.05) is 38.7 Å². The van der Waals surface area contributed by atoms with Gasteiger partial charge in [-0.15, -0.1) is 0 Å². The topological polar surface area (TPSA) is 68.5 Å².